The first kappa shape index (κ1) is 18.6. The summed E-state index contributed by atoms with van der Waals surface area (Å²) in [6.45, 7) is 3.33. The van der Waals surface area contributed by atoms with Crippen LogP contribution in [0.4, 0.5) is 5.88 Å². The molecule has 2 N–H and O–H groups in total. The second kappa shape index (κ2) is 8.38. The van der Waals surface area contributed by atoms with Crippen LogP contribution in [-0.4, -0.2) is 23.0 Å². The van der Waals surface area contributed by atoms with E-state index in [-0.39, 0.29) is 11.5 Å². The number of benzene rings is 1. The van der Waals surface area contributed by atoms with Crippen molar-refractivity contribution < 1.29 is 18.9 Å². The van der Waals surface area contributed by atoms with E-state index >= 15 is 0 Å². The molecule has 26 heavy (non-hydrogen) atoms. The van der Waals surface area contributed by atoms with Gasteiger partial charge in [0.05, 0.1) is 12.3 Å². The molecular formula is C17H16N4O5. The molecule has 9 heteroatoms. The van der Waals surface area contributed by atoms with Gasteiger partial charge in [-0.25, -0.2) is 5.43 Å². The van der Waals surface area contributed by atoms with Gasteiger partial charge < -0.3 is 9.73 Å². The van der Waals surface area contributed by atoms with Gasteiger partial charge in [0.25, 0.3) is 11.8 Å². The molecule has 0 atom stereocenters. The van der Waals surface area contributed by atoms with Gasteiger partial charge in [0.15, 0.2) is 5.76 Å². The van der Waals surface area contributed by atoms with Gasteiger partial charge in [0.1, 0.15) is 10.6 Å². The molecule has 1 aromatic heterocycles. The van der Waals surface area contributed by atoms with Crippen LogP contribution in [0.15, 0.2) is 63.3 Å². The lowest BCUT2D eigenvalue weighted by Gasteiger charge is -2.10. The van der Waals surface area contributed by atoms with E-state index in [1.807, 2.05) is 0 Å². The average Bonchev–Trinajstić information content (AvgIpc) is 3.09. The van der Waals surface area contributed by atoms with E-state index in [2.05, 4.69) is 15.8 Å². The van der Waals surface area contributed by atoms with Crippen LogP contribution in [0, 0.1) is 10.1 Å². The van der Waals surface area contributed by atoms with Crippen LogP contribution in [0.25, 0.3) is 0 Å². The Morgan fingerprint density at radius 3 is 2.42 bits per heavy atom. The molecule has 0 saturated heterocycles. The minimum Gasteiger partial charge on any atom is -0.400 e. The van der Waals surface area contributed by atoms with E-state index in [0.717, 1.165) is 6.21 Å². The Labute approximate surface area is 148 Å². The molecule has 0 radical (unpaired) electrons. The fourth-order valence-electron chi connectivity index (χ4n) is 1.90. The zero-order valence-electron chi connectivity index (χ0n) is 14.1. The first-order valence-corrected chi connectivity index (χ1v) is 7.50. The summed E-state index contributed by atoms with van der Waals surface area (Å²) >= 11 is 0. The van der Waals surface area contributed by atoms with E-state index in [1.165, 1.54) is 12.1 Å². The number of furan rings is 1. The number of carbonyl (C=O) groups excluding carboxylic acids is 2. The summed E-state index contributed by atoms with van der Waals surface area (Å²) in [5.74, 6) is -1.39. The van der Waals surface area contributed by atoms with Crippen molar-refractivity contribution in [3.05, 3.63) is 75.2 Å². The molecule has 0 aliphatic heterocycles. The number of hydrazone groups is 1. The number of hydrogen-bond donors (Lipinski definition) is 2. The first-order valence-electron chi connectivity index (χ1n) is 7.50. The van der Waals surface area contributed by atoms with Crippen molar-refractivity contribution in [3.63, 3.8) is 0 Å². The molecular weight excluding hydrogens is 340 g/mol. The summed E-state index contributed by atoms with van der Waals surface area (Å²) in [4.78, 5) is 34.2. The van der Waals surface area contributed by atoms with Crippen LogP contribution >= 0.6 is 0 Å². The Kier molecular flexibility index (Phi) is 5.99. The molecule has 2 aromatic rings. The molecule has 134 valence electrons. The summed E-state index contributed by atoms with van der Waals surface area (Å²) < 4.78 is 4.88. The third-order valence-electron chi connectivity index (χ3n) is 3.15. The Hall–Kier alpha value is -3.75. The highest BCUT2D eigenvalue weighted by atomic mass is 16.6. The maximum Gasteiger partial charge on any atom is 0.433 e. The second-order valence-corrected chi connectivity index (χ2v) is 5.33. The Bertz CT molecular complexity index is 880. The summed E-state index contributed by atoms with van der Waals surface area (Å²) in [6, 6.07) is 11.0. The van der Waals surface area contributed by atoms with Crippen molar-refractivity contribution in [2.45, 2.75) is 13.8 Å². The molecule has 2 amide bonds. The molecule has 2 rings (SSSR count). The quantitative estimate of drug-likeness (QED) is 0.355. The standard InChI is InChI=1S/C17H16N4O5/c1-11(2)15(19-16(22)12-6-4-3-5-7-12)17(23)20-18-10-13-8-9-14(26-13)21(24)25/h3-10H,1-2H3,(H,19,22)(H,20,23)/b18-10+. The second-order valence-electron chi connectivity index (χ2n) is 5.33. The maximum absolute atomic E-state index is 12.2. The summed E-state index contributed by atoms with van der Waals surface area (Å²) in [5, 5.41) is 16.7. The SMILES string of the molecule is CC(C)=C(NC(=O)c1ccccc1)C(=O)N/N=C/c1ccc([N+](=O)[O-])o1. The first-order chi connectivity index (χ1) is 12.4. The van der Waals surface area contributed by atoms with E-state index in [0.29, 0.717) is 11.1 Å². The topological polar surface area (TPSA) is 127 Å². The number of rotatable bonds is 6. The van der Waals surface area contributed by atoms with Crippen molar-refractivity contribution in [1.82, 2.24) is 10.7 Å². The normalized spacial score (nSPS) is 10.4. The number of hydrogen-bond acceptors (Lipinski definition) is 6. The maximum atomic E-state index is 12.2. The van der Waals surface area contributed by atoms with Crippen LogP contribution in [0.1, 0.15) is 30.0 Å². The highest BCUT2D eigenvalue weighted by Crippen LogP contribution is 2.13. The van der Waals surface area contributed by atoms with Crippen molar-refractivity contribution in [2.75, 3.05) is 0 Å². The molecule has 0 spiro atoms. The van der Waals surface area contributed by atoms with Crippen LogP contribution in [0.2, 0.25) is 0 Å². The zero-order chi connectivity index (χ0) is 19.1. The van der Waals surface area contributed by atoms with Crippen molar-refractivity contribution in [2.24, 2.45) is 5.10 Å². The lowest BCUT2D eigenvalue weighted by Crippen LogP contribution is -2.33. The third kappa shape index (κ3) is 4.87. The number of allylic oxidation sites excluding steroid dienone is 1. The molecule has 1 aromatic carbocycles. The molecule has 0 aliphatic rings. The van der Waals surface area contributed by atoms with Crippen molar-refractivity contribution in [1.29, 1.82) is 0 Å². The summed E-state index contributed by atoms with van der Waals surface area (Å²) in [7, 11) is 0. The van der Waals surface area contributed by atoms with Crippen LogP contribution in [-0.2, 0) is 4.79 Å². The largest absolute Gasteiger partial charge is 0.433 e. The van der Waals surface area contributed by atoms with Gasteiger partial charge in [-0.3, -0.25) is 19.7 Å². The fourth-order valence-corrected chi connectivity index (χ4v) is 1.90. The third-order valence-corrected chi connectivity index (χ3v) is 3.15. The predicted molar refractivity (Wildman–Crippen MR) is 93.4 cm³/mol. The van der Waals surface area contributed by atoms with Gasteiger partial charge in [-0.1, -0.05) is 18.2 Å². The van der Waals surface area contributed by atoms with Crippen molar-refractivity contribution in [3.8, 4) is 0 Å². The lowest BCUT2D eigenvalue weighted by molar-refractivity contribution is -0.402. The van der Waals surface area contributed by atoms with Gasteiger partial charge in [-0.15, -0.1) is 0 Å². The Morgan fingerprint density at radius 2 is 1.85 bits per heavy atom. The van der Waals surface area contributed by atoms with Gasteiger partial charge in [-0.05, 0) is 37.6 Å². The number of amides is 2. The van der Waals surface area contributed by atoms with E-state index in [4.69, 9.17) is 4.42 Å². The van der Waals surface area contributed by atoms with Gasteiger partial charge in [0, 0.05) is 5.56 Å². The van der Waals surface area contributed by atoms with Gasteiger partial charge in [0.2, 0.25) is 0 Å². The molecule has 0 fully saturated rings. The van der Waals surface area contributed by atoms with E-state index < -0.39 is 22.6 Å². The number of nitrogens with zero attached hydrogens (tertiary/aromatic N) is 2. The van der Waals surface area contributed by atoms with Crippen molar-refractivity contribution >= 4 is 23.9 Å². The minimum atomic E-state index is -0.684. The molecule has 0 aliphatic carbocycles. The summed E-state index contributed by atoms with van der Waals surface area (Å²) in [5.41, 5.74) is 3.28. The number of nitro groups is 1. The highest BCUT2D eigenvalue weighted by molar-refractivity contribution is 6.03. The molecule has 1 heterocycles. The molecule has 0 unspecified atom stereocenters. The van der Waals surface area contributed by atoms with E-state index in [1.54, 1.807) is 44.2 Å². The molecule has 0 saturated carbocycles. The lowest BCUT2D eigenvalue weighted by atomic mass is 10.2. The highest BCUT2D eigenvalue weighted by Gasteiger charge is 2.15. The molecule has 9 nitrogen and oxygen atoms in total. The average molecular weight is 356 g/mol. The number of carbonyl (C=O) groups is 2. The van der Waals surface area contributed by atoms with Gasteiger partial charge >= 0.3 is 5.88 Å². The monoisotopic (exact) mass is 356 g/mol. The van der Waals surface area contributed by atoms with E-state index in [9.17, 15) is 19.7 Å². The summed E-state index contributed by atoms with van der Waals surface area (Å²) in [6.07, 6.45) is 1.12. The van der Waals surface area contributed by atoms with Gasteiger partial charge in [-0.2, -0.15) is 5.10 Å². The fraction of sp³-hybridized carbons (Fsp3) is 0.118. The zero-order valence-corrected chi connectivity index (χ0v) is 14.1. The Balaban J connectivity index is 2.02. The minimum absolute atomic E-state index is 0.0569. The van der Waals surface area contributed by atoms with Crippen LogP contribution < -0.4 is 10.7 Å². The Morgan fingerprint density at radius 1 is 1.15 bits per heavy atom. The van der Waals surface area contributed by atoms with Crippen LogP contribution in [0.5, 0.6) is 0 Å². The predicted octanol–water partition coefficient (Wildman–Crippen LogP) is 2.36. The smallest absolute Gasteiger partial charge is 0.400 e. The molecule has 0 bridgehead atoms. The number of nitrogens with one attached hydrogen (secondary N) is 2. The van der Waals surface area contributed by atoms with Crippen LogP contribution in [0.3, 0.4) is 0 Å².